The molecule has 1 aliphatic rings. The van der Waals surface area contributed by atoms with Crippen LogP contribution in [0.1, 0.15) is 24.3 Å². The van der Waals surface area contributed by atoms with E-state index in [1.165, 1.54) is 11.1 Å². The Hall–Kier alpha value is -2.11. The van der Waals surface area contributed by atoms with E-state index >= 15 is 0 Å². The Morgan fingerprint density at radius 2 is 2.28 bits per heavy atom. The molecule has 2 heterocycles. The fourth-order valence-corrected chi connectivity index (χ4v) is 1.98. The van der Waals surface area contributed by atoms with Crippen LogP contribution >= 0.6 is 0 Å². The molecule has 0 bridgehead atoms. The highest BCUT2D eigenvalue weighted by Gasteiger charge is 2.41. The van der Waals surface area contributed by atoms with Gasteiger partial charge in [-0.25, -0.2) is 4.98 Å². The zero-order valence-corrected chi connectivity index (χ0v) is 10.4. The van der Waals surface area contributed by atoms with E-state index in [9.17, 15) is 9.59 Å². The Balaban J connectivity index is 2.34. The van der Waals surface area contributed by atoms with Crippen molar-refractivity contribution >= 4 is 17.5 Å². The molecule has 0 atom stereocenters. The summed E-state index contributed by atoms with van der Waals surface area (Å²) < 4.78 is 0. The van der Waals surface area contributed by atoms with E-state index in [1.807, 2.05) is 0 Å². The third kappa shape index (κ3) is 1.90. The topological polar surface area (TPSA) is 88.3 Å². The number of nitrogens with zero attached hydrogens (tertiary/aromatic N) is 2. The second kappa shape index (κ2) is 4.29. The molecule has 18 heavy (non-hydrogen) atoms. The van der Waals surface area contributed by atoms with Crippen LogP contribution in [0, 0.1) is 0 Å². The van der Waals surface area contributed by atoms with Crippen molar-refractivity contribution in [1.82, 2.24) is 15.2 Å². The highest BCUT2D eigenvalue weighted by Crippen LogP contribution is 2.21. The second-order valence-corrected chi connectivity index (χ2v) is 4.71. The van der Waals surface area contributed by atoms with Gasteiger partial charge in [0.05, 0.1) is 5.69 Å². The van der Waals surface area contributed by atoms with Crippen molar-refractivity contribution in [3.8, 4) is 0 Å². The van der Waals surface area contributed by atoms with Crippen LogP contribution in [0.3, 0.4) is 0 Å². The maximum absolute atomic E-state index is 12.4. The van der Waals surface area contributed by atoms with E-state index in [-0.39, 0.29) is 17.5 Å². The molecule has 6 nitrogen and oxygen atoms in total. The van der Waals surface area contributed by atoms with E-state index in [1.54, 1.807) is 26.0 Å². The highest BCUT2D eigenvalue weighted by atomic mass is 16.2. The molecule has 2 rings (SSSR count). The zero-order chi connectivity index (χ0) is 13.3. The average Bonchev–Trinajstić information content (AvgIpc) is 2.32. The molecule has 0 saturated carbocycles. The summed E-state index contributed by atoms with van der Waals surface area (Å²) in [6.07, 6.45) is 1.51. The van der Waals surface area contributed by atoms with Gasteiger partial charge < -0.3 is 16.0 Å². The molecular weight excluding hydrogens is 232 g/mol. The molecule has 1 aliphatic heterocycles. The number of nitrogens with two attached hydrogens (primary N) is 1. The molecule has 1 aromatic heterocycles. The Morgan fingerprint density at radius 3 is 2.94 bits per heavy atom. The van der Waals surface area contributed by atoms with Crippen LogP contribution < -0.4 is 11.1 Å². The molecule has 3 N–H and O–H groups in total. The Kier molecular flexibility index (Phi) is 2.94. The Morgan fingerprint density at radius 1 is 1.56 bits per heavy atom. The Bertz CT molecular complexity index is 499. The van der Waals surface area contributed by atoms with Gasteiger partial charge in [-0.05, 0) is 26.0 Å². The predicted molar refractivity (Wildman–Crippen MR) is 66.8 cm³/mol. The van der Waals surface area contributed by atoms with Gasteiger partial charge in [-0.15, -0.1) is 0 Å². The lowest BCUT2D eigenvalue weighted by atomic mass is 9.98. The van der Waals surface area contributed by atoms with Crippen molar-refractivity contribution in [3.05, 3.63) is 24.0 Å². The molecule has 1 saturated heterocycles. The Labute approximate surface area is 105 Å². The number of nitrogen functional groups attached to an aromatic ring is 1. The monoisotopic (exact) mass is 248 g/mol. The first kappa shape index (κ1) is 12.3. The molecule has 1 aromatic rings. The molecule has 0 spiro atoms. The number of amides is 2. The SMILES string of the molecule is CC1(C)C(=O)NCCN1C(=O)c1ncccc1N. The molecule has 0 aromatic carbocycles. The molecule has 0 aliphatic carbocycles. The first-order valence-corrected chi connectivity index (χ1v) is 5.75. The van der Waals surface area contributed by atoms with Gasteiger partial charge >= 0.3 is 0 Å². The highest BCUT2D eigenvalue weighted by molar-refractivity contribution is 6.01. The number of hydrogen-bond donors (Lipinski definition) is 2. The van der Waals surface area contributed by atoms with Crippen molar-refractivity contribution in [2.75, 3.05) is 18.8 Å². The number of pyridine rings is 1. The third-order valence-electron chi connectivity index (χ3n) is 3.14. The largest absolute Gasteiger partial charge is 0.397 e. The number of aromatic nitrogens is 1. The van der Waals surface area contributed by atoms with Crippen molar-refractivity contribution in [2.24, 2.45) is 0 Å². The molecule has 96 valence electrons. The maximum atomic E-state index is 12.4. The smallest absolute Gasteiger partial charge is 0.275 e. The summed E-state index contributed by atoms with van der Waals surface area (Å²) in [7, 11) is 0. The van der Waals surface area contributed by atoms with Crippen LogP contribution in [-0.2, 0) is 4.79 Å². The standard InChI is InChI=1S/C12H16N4O2/c1-12(2)11(18)15-6-7-16(12)10(17)9-8(13)4-3-5-14-9/h3-5H,6-7,13H2,1-2H3,(H,15,18). The van der Waals surface area contributed by atoms with Crippen molar-refractivity contribution in [1.29, 1.82) is 0 Å². The quantitative estimate of drug-likeness (QED) is 0.733. The van der Waals surface area contributed by atoms with Crippen LogP contribution in [0.15, 0.2) is 18.3 Å². The van der Waals surface area contributed by atoms with Crippen molar-refractivity contribution in [3.63, 3.8) is 0 Å². The van der Waals surface area contributed by atoms with Gasteiger partial charge in [0.15, 0.2) is 5.69 Å². The van der Waals surface area contributed by atoms with Crippen LogP contribution in [0.5, 0.6) is 0 Å². The third-order valence-corrected chi connectivity index (χ3v) is 3.14. The fraction of sp³-hybridized carbons (Fsp3) is 0.417. The summed E-state index contributed by atoms with van der Waals surface area (Å²) in [5.41, 5.74) is 5.37. The predicted octanol–water partition coefficient (Wildman–Crippen LogP) is 0.0144. The van der Waals surface area contributed by atoms with E-state index in [0.29, 0.717) is 18.8 Å². The van der Waals surface area contributed by atoms with Crippen LogP contribution in [0.25, 0.3) is 0 Å². The number of nitrogens with one attached hydrogen (secondary N) is 1. The van der Waals surface area contributed by atoms with Crippen LogP contribution in [-0.4, -0.2) is 40.3 Å². The van der Waals surface area contributed by atoms with Gasteiger partial charge in [0.1, 0.15) is 5.54 Å². The summed E-state index contributed by atoms with van der Waals surface area (Å²) in [4.78, 5) is 29.7. The van der Waals surface area contributed by atoms with Gasteiger partial charge in [-0.3, -0.25) is 9.59 Å². The van der Waals surface area contributed by atoms with Crippen LogP contribution in [0.2, 0.25) is 0 Å². The summed E-state index contributed by atoms with van der Waals surface area (Å²) in [6.45, 7) is 4.31. The number of piperazine rings is 1. The zero-order valence-electron chi connectivity index (χ0n) is 10.4. The van der Waals surface area contributed by atoms with Gasteiger partial charge in [0.25, 0.3) is 5.91 Å². The van der Waals surface area contributed by atoms with E-state index in [0.717, 1.165) is 0 Å². The summed E-state index contributed by atoms with van der Waals surface area (Å²) in [6, 6.07) is 3.29. The number of hydrogen-bond acceptors (Lipinski definition) is 4. The lowest BCUT2D eigenvalue weighted by Crippen LogP contribution is -2.63. The van der Waals surface area contributed by atoms with Gasteiger partial charge in [-0.1, -0.05) is 0 Å². The average molecular weight is 248 g/mol. The molecule has 6 heteroatoms. The minimum absolute atomic E-state index is 0.170. The molecule has 2 amide bonds. The van der Waals surface area contributed by atoms with Gasteiger partial charge in [0, 0.05) is 19.3 Å². The van der Waals surface area contributed by atoms with Gasteiger partial charge in [-0.2, -0.15) is 0 Å². The first-order chi connectivity index (χ1) is 8.44. The summed E-state index contributed by atoms with van der Waals surface area (Å²) >= 11 is 0. The normalized spacial score (nSPS) is 18.3. The van der Waals surface area contributed by atoms with Gasteiger partial charge in [0.2, 0.25) is 5.91 Å². The van der Waals surface area contributed by atoms with Crippen molar-refractivity contribution in [2.45, 2.75) is 19.4 Å². The first-order valence-electron chi connectivity index (χ1n) is 5.75. The number of carbonyl (C=O) groups is 2. The molecule has 0 radical (unpaired) electrons. The lowest BCUT2D eigenvalue weighted by molar-refractivity contribution is -0.133. The molecule has 0 unspecified atom stereocenters. The minimum atomic E-state index is -0.890. The van der Waals surface area contributed by atoms with E-state index < -0.39 is 5.54 Å². The summed E-state index contributed by atoms with van der Waals surface area (Å²) in [5.74, 6) is -0.482. The number of rotatable bonds is 1. The van der Waals surface area contributed by atoms with Crippen LogP contribution in [0.4, 0.5) is 5.69 Å². The molecule has 1 fully saturated rings. The molecular formula is C12H16N4O2. The van der Waals surface area contributed by atoms with E-state index in [4.69, 9.17) is 5.73 Å². The minimum Gasteiger partial charge on any atom is -0.397 e. The second-order valence-electron chi connectivity index (χ2n) is 4.71. The summed E-state index contributed by atoms with van der Waals surface area (Å²) in [5, 5.41) is 2.74. The van der Waals surface area contributed by atoms with E-state index in [2.05, 4.69) is 10.3 Å². The number of anilines is 1. The maximum Gasteiger partial charge on any atom is 0.275 e. The fourth-order valence-electron chi connectivity index (χ4n) is 1.98. The van der Waals surface area contributed by atoms with Crippen molar-refractivity contribution < 1.29 is 9.59 Å². The number of carbonyl (C=O) groups excluding carboxylic acids is 2. The lowest BCUT2D eigenvalue weighted by Gasteiger charge is -2.41.